The molecule has 0 aromatic rings. The van der Waals surface area contributed by atoms with Gasteiger partial charge >= 0.3 is 47.8 Å². The van der Waals surface area contributed by atoms with Crippen molar-refractivity contribution >= 4 is 64.0 Å². The van der Waals surface area contributed by atoms with E-state index in [1.54, 1.807) is 0 Å². The minimum Gasteiger partial charge on any atom is -1.00 e. The Balaban J connectivity index is -0.0000000164. The van der Waals surface area contributed by atoms with E-state index in [-0.39, 0.29) is 97.4 Å². The van der Waals surface area contributed by atoms with Crippen molar-refractivity contribution in [1.29, 1.82) is 0 Å². The van der Waals surface area contributed by atoms with Gasteiger partial charge in [0.2, 0.25) is 0 Å². The van der Waals surface area contributed by atoms with Gasteiger partial charge in [-0.3, -0.25) is 0 Å². The van der Waals surface area contributed by atoms with E-state index in [0.717, 1.165) is 12.8 Å². The van der Waals surface area contributed by atoms with Gasteiger partial charge in [0.25, 0.3) is 0 Å². The molecular weight excluding hydrogens is 616 g/mol. The first-order valence-corrected chi connectivity index (χ1v) is 14.1. The van der Waals surface area contributed by atoms with Gasteiger partial charge in [-0.1, -0.05) is 65.2 Å². The van der Waals surface area contributed by atoms with Crippen molar-refractivity contribution < 1.29 is 49.6 Å². The maximum atomic E-state index is 3.91. The van der Waals surface area contributed by atoms with Crippen molar-refractivity contribution in [2.75, 3.05) is 0 Å². The minimum absolute atomic E-state index is 0. The van der Waals surface area contributed by atoms with Crippen LogP contribution in [0.3, 0.4) is 0 Å². The Labute approximate surface area is 209 Å². The largest absolute Gasteiger partial charge is 2.00 e. The number of rotatable bonds is 4. The molecule has 0 spiro atoms. The molecule has 23 heavy (non-hydrogen) atoms. The fourth-order valence-corrected chi connectivity index (χ4v) is 0.530. The molecule has 0 aromatic heterocycles. The van der Waals surface area contributed by atoms with Gasteiger partial charge in [0.05, 0.1) is 13.3 Å². The van der Waals surface area contributed by atoms with Crippen LogP contribution < -0.4 is 49.6 Å². The van der Waals surface area contributed by atoms with E-state index in [9.17, 15) is 0 Å². The molecule has 0 bridgehead atoms. The second-order valence-electron chi connectivity index (χ2n) is 6.89. The van der Waals surface area contributed by atoms with Crippen molar-refractivity contribution in [3.05, 3.63) is 26.9 Å². The quantitative estimate of drug-likeness (QED) is 0.161. The monoisotopic (exact) mass is 652 g/mol. The van der Waals surface area contributed by atoms with E-state index in [1.807, 2.05) is 0 Å². The Morgan fingerprint density at radius 2 is 0.913 bits per heavy atom. The van der Waals surface area contributed by atoms with Crippen LogP contribution in [0.5, 0.6) is 0 Å². The molecule has 0 fully saturated rings. The molecule has 0 heterocycles. The maximum Gasteiger partial charge on any atom is 2.00 e. The van der Waals surface area contributed by atoms with E-state index in [0.29, 0.717) is 0 Å². The van der Waals surface area contributed by atoms with Crippen LogP contribution in [0.1, 0.15) is 32.1 Å². The normalized spacial score (nSPS) is 8.04. The predicted octanol–water partition coefficient (Wildman–Crippen LogP) is -6.74. The summed E-state index contributed by atoms with van der Waals surface area (Å²) in [5.41, 5.74) is 0. The summed E-state index contributed by atoms with van der Waals surface area (Å²) >= 11 is 0. The summed E-state index contributed by atoms with van der Waals surface area (Å²) < 4.78 is 0. The van der Waals surface area contributed by atoms with Crippen LogP contribution in [0.2, 0.25) is 39.3 Å². The Kier molecular flexibility index (Phi) is 88.1. The van der Waals surface area contributed by atoms with Gasteiger partial charge in [0.15, 0.2) is 0 Å². The zero-order chi connectivity index (χ0) is 14.5. The molecule has 0 amide bonds. The number of unbranched alkanes of at least 4 members (excludes halogenated alkanes) is 4. The molecule has 0 aliphatic carbocycles. The average Bonchev–Trinajstić information content (AvgIpc) is 1.99. The van der Waals surface area contributed by atoms with Crippen molar-refractivity contribution in [3.63, 3.8) is 0 Å². The Morgan fingerprint density at radius 1 is 0.696 bits per heavy atom. The first-order chi connectivity index (χ1) is 7.41. The molecule has 0 N–H and O–H groups in total. The third-order valence-electron chi connectivity index (χ3n) is 1.000. The van der Waals surface area contributed by atoms with Gasteiger partial charge < -0.3 is 56.6 Å². The standard InChI is InChI=1S/C7H14.2C4H11Si.4ClH.2Sn/c1-3-5-7-6-4-2;2*1-5(2,3)4;;;;;;/h1-7H2;2*1H2,2-4H3;4*1H;;/q;;;;;;;2*+2/p-4. The molecule has 0 unspecified atom stereocenters. The molecule has 0 nitrogen and oxygen atoms in total. The second kappa shape index (κ2) is 36.1. The number of hydrogen-bond acceptors (Lipinski definition) is 0. The Bertz CT molecular complexity index is 125. The van der Waals surface area contributed by atoms with Crippen LogP contribution in [0, 0.1) is 26.9 Å². The first-order valence-electron chi connectivity index (χ1n) is 6.71. The van der Waals surface area contributed by atoms with E-state index >= 15 is 0 Å². The van der Waals surface area contributed by atoms with Crippen LogP contribution in [-0.2, 0) is 0 Å². The maximum absolute atomic E-state index is 3.91. The average molecular weight is 652 g/mol. The molecule has 0 aliphatic heterocycles. The molecular formula is C15H36Cl4Si2Sn2. The van der Waals surface area contributed by atoms with Crippen molar-refractivity contribution in [2.24, 2.45) is 0 Å². The van der Waals surface area contributed by atoms with Crippen LogP contribution in [0.4, 0.5) is 0 Å². The van der Waals surface area contributed by atoms with Gasteiger partial charge in [-0.2, -0.15) is 6.42 Å². The van der Waals surface area contributed by atoms with Crippen molar-refractivity contribution in [2.45, 2.75) is 71.4 Å². The molecule has 6 radical (unpaired) electrons. The molecule has 0 aliphatic rings. The molecule has 0 saturated heterocycles. The van der Waals surface area contributed by atoms with E-state index in [2.05, 4.69) is 66.2 Å². The predicted molar refractivity (Wildman–Crippen MR) is 103 cm³/mol. The van der Waals surface area contributed by atoms with Crippen LogP contribution in [0.15, 0.2) is 0 Å². The number of hydrogen-bond donors (Lipinski definition) is 0. The van der Waals surface area contributed by atoms with E-state index < -0.39 is 16.1 Å². The van der Waals surface area contributed by atoms with Crippen LogP contribution in [-0.4, -0.2) is 64.0 Å². The van der Waals surface area contributed by atoms with E-state index in [1.165, 1.54) is 19.3 Å². The molecule has 0 saturated carbocycles. The summed E-state index contributed by atoms with van der Waals surface area (Å²) in [5.74, 6) is 0. The molecule has 140 valence electrons. The zero-order valence-electron chi connectivity index (χ0n) is 15.9. The third kappa shape index (κ3) is 267. The second-order valence-corrected chi connectivity index (χ2v) is 17.1. The smallest absolute Gasteiger partial charge is 1.00 e. The fraction of sp³-hybridized carbons (Fsp3) is 0.733. The van der Waals surface area contributed by atoms with Crippen LogP contribution in [0.25, 0.3) is 0 Å². The van der Waals surface area contributed by atoms with Gasteiger partial charge in [-0.15, -0.1) is 0 Å². The van der Waals surface area contributed by atoms with Gasteiger partial charge in [-0.25, -0.2) is 0 Å². The van der Waals surface area contributed by atoms with Crippen molar-refractivity contribution in [3.8, 4) is 0 Å². The van der Waals surface area contributed by atoms with Gasteiger partial charge in [-0.05, 0) is 6.42 Å². The van der Waals surface area contributed by atoms with Crippen molar-refractivity contribution in [1.82, 2.24) is 0 Å². The molecule has 8 heteroatoms. The third-order valence-corrected chi connectivity index (χ3v) is 1.000. The SMILES string of the molecule is [CH2+]CCCCC[CH2-].[CH2][Si](C)(C)C.[CH2][Si](C)(C)C.[Cl-].[Cl-].[Cl-].[Cl-].[Sn+2].[Sn+2]. The summed E-state index contributed by atoms with van der Waals surface area (Å²) in [6.45, 7) is 28.6. The molecule has 0 atom stereocenters. The summed E-state index contributed by atoms with van der Waals surface area (Å²) in [5, 5.41) is 0. The zero-order valence-corrected chi connectivity index (χ0v) is 26.6. The van der Waals surface area contributed by atoms with Gasteiger partial charge in [0, 0.05) is 16.1 Å². The fourth-order valence-electron chi connectivity index (χ4n) is 0.530. The topological polar surface area (TPSA) is 0 Å². The molecule has 0 aromatic carbocycles. The minimum atomic E-state index is -0.861. The Morgan fingerprint density at radius 3 is 1.04 bits per heavy atom. The summed E-state index contributed by atoms with van der Waals surface area (Å²) in [7, 11) is -1.72. The van der Waals surface area contributed by atoms with Crippen LogP contribution >= 0.6 is 0 Å². The Hall–Kier alpha value is 3.06. The summed E-state index contributed by atoms with van der Waals surface area (Å²) in [6, 6.07) is 0. The molecule has 0 rings (SSSR count). The van der Waals surface area contributed by atoms with E-state index in [4.69, 9.17) is 0 Å². The summed E-state index contributed by atoms with van der Waals surface area (Å²) in [4.78, 5) is 0. The van der Waals surface area contributed by atoms with Gasteiger partial charge in [0.1, 0.15) is 0 Å². The summed E-state index contributed by atoms with van der Waals surface area (Å²) in [6.07, 6.45) is 6.03. The first kappa shape index (κ1) is 56.2. The number of halogens is 4.